The maximum atomic E-state index is 5.76. The molecule has 2 rings (SSSR count). The first kappa shape index (κ1) is 12.3. The minimum Gasteiger partial charge on any atom is -0.368 e. The van der Waals surface area contributed by atoms with Crippen molar-refractivity contribution in [2.75, 3.05) is 37.8 Å². The highest BCUT2D eigenvalue weighted by atomic mass is 35.5. The average molecular weight is 257 g/mol. The number of likely N-dealkylation sites (N-methyl/N-ethyl adjacent to an activating group) is 2. The van der Waals surface area contributed by atoms with E-state index in [-0.39, 0.29) is 11.2 Å². The number of likely N-dealkylation sites (tertiary alicyclic amines) is 1. The van der Waals surface area contributed by atoms with Crippen LogP contribution in [0.5, 0.6) is 0 Å². The monoisotopic (exact) mass is 256 g/mol. The van der Waals surface area contributed by atoms with Crippen LogP contribution in [0.2, 0.25) is 5.28 Å². The quantitative estimate of drug-likeness (QED) is 0.856. The van der Waals surface area contributed by atoms with Gasteiger partial charge >= 0.3 is 0 Å². The van der Waals surface area contributed by atoms with Crippen molar-refractivity contribution in [3.8, 4) is 0 Å². The summed E-state index contributed by atoms with van der Waals surface area (Å²) in [4.78, 5) is 16.2. The maximum absolute atomic E-state index is 5.76. The van der Waals surface area contributed by atoms with E-state index in [0.717, 1.165) is 13.1 Å². The first-order chi connectivity index (χ1) is 8.06. The fraction of sp³-hybridized carbons (Fsp3) is 0.700. The third-order valence-corrected chi connectivity index (χ3v) is 3.28. The second-order valence-electron chi connectivity index (χ2n) is 4.42. The molecule has 1 aliphatic rings. The third kappa shape index (κ3) is 2.95. The van der Waals surface area contributed by atoms with E-state index >= 15 is 0 Å². The molecule has 0 bridgehead atoms. The topological polar surface area (TPSA) is 71.2 Å². The summed E-state index contributed by atoms with van der Waals surface area (Å²) in [6.45, 7) is 2.02. The lowest BCUT2D eigenvalue weighted by Crippen LogP contribution is -2.37. The molecule has 0 amide bonds. The molecule has 7 heteroatoms. The van der Waals surface area contributed by atoms with Crippen LogP contribution in [-0.4, -0.2) is 53.1 Å². The molecular weight excluding hydrogens is 240 g/mol. The van der Waals surface area contributed by atoms with Crippen molar-refractivity contribution in [3.63, 3.8) is 0 Å². The molecule has 94 valence electrons. The van der Waals surface area contributed by atoms with Gasteiger partial charge in [0.05, 0.1) is 0 Å². The molecule has 1 aromatic rings. The van der Waals surface area contributed by atoms with E-state index in [1.54, 1.807) is 0 Å². The second-order valence-corrected chi connectivity index (χ2v) is 4.76. The number of nitrogen functional groups attached to an aromatic ring is 1. The van der Waals surface area contributed by atoms with Gasteiger partial charge in [-0.1, -0.05) is 0 Å². The van der Waals surface area contributed by atoms with Gasteiger partial charge < -0.3 is 15.5 Å². The molecule has 1 unspecified atom stereocenters. The van der Waals surface area contributed by atoms with Crippen molar-refractivity contribution < 1.29 is 0 Å². The molecule has 1 saturated heterocycles. The molecule has 17 heavy (non-hydrogen) atoms. The van der Waals surface area contributed by atoms with Crippen LogP contribution >= 0.6 is 11.6 Å². The van der Waals surface area contributed by atoms with Crippen LogP contribution in [0.4, 0.5) is 11.9 Å². The SMILES string of the molecule is CN(CC1CCCN1C)c1nc(N)nc(Cl)n1. The van der Waals surface area contributed by atoms with Crippen LogP contribution in [0.1, 0.15) is 12.8 Å². The zero-order valence-electron chi connectivity index (χ0n) is 10.1. The molecule has 0 spiro atoms. The Kier molecular flexibility index (Phi) is 3.63. The van der Waals surface area contributed by atoms with Crippen LogP contribution in [0.3, 0.4) is 0 Å². The molecule has 2 N–H and O–H groups in total. The second kappa shape index (κ2) is 5.01. The van der Waals surface area contributed by atoms with Gasteiger partial charge in [-0.25, -0.2) is 0 Å². The first-order valence-corrected chi connectivity index (χ1v) is 6.02. The Morgan fingerprint density at radius 2 is 2.24 bits per heavy atom. The molecule has 1 atom stereocenters. The minimum atomic E-state index is 0.138. The zero-order valence-corrected chi connectivity index (χ0v) is 10.9. The van der Waals surface area contributed by atoms with E-state index in [1.807, 2.05) is 11.9 Å². The minimum absolute atomic E-state index is 0.138. The Bertz CT molecular complexity index is 378. The fourth-order valence-electron chi connectivity index (χ4n) is 2.13. The standard InChI is InChI=1S/C10H17ClN6/c1-16-5-3-4-7(16)6-17(2)10-14-8(11)13-9(12)15-10/h7H,3-6H2,1-2H3,(H2,12,13,14,15). The average Bonchev–Trinajstić information content (AvgIpc) is 2.63. The summed E-state index contributed by atoms with van der Waals surface area (Å²) in [5.41, 5.74) is 5.55. The van der Waals surface area contributed by atoms with E-state index in [4.69, 9.17) is 17.3 Å². The molecule has 1 aliphatic heterocycles. The molecule has 0 radical (unpaired) electrons. The summed E-state index contributed by atoms with van der Waals surface area (Å²) < 4.78 is 0. The van der Waals surface area contributed by atoms with Crippen LogP contribution in [0.15, 0.2) is 0 Å². The van der Waals surface area contributed by atoms with Gasteiger partial charge in [0.15, 0.2) is 0 Å². The van der Waals surface area contributed by atoms with E-state index in [9.17, 15) is 0 Å². The zero-order chi connectivity index (χ0) is 12.4. The van der Waals surface area contributed by atoms with Gasteiger partial charge in [0.1, 0.15) is 0 Å². The number of nitrogens with zero attached hydrogens (tertiary/aromatic N) is 5. The number of rotatable bonds is 3. The van der Waals surface area contributed by atoms with Gasteiger partial charge in [-0.2, -0.15) is 15.0 Å². The number of hydrogen-bond acceptors (Lipinski definition) is 6. The van der Waals surface area contributed by atoms with Crippen molar-refractivity contribution in [2.24, 2.45) is 0 Å². The highest BCUT2D eigenvalue weighted by Gasteiger charge is 2.23. The normalized spacial score (nSPS) is 20.8. The summed E-state index contributed by atoms with van der Waals surface area (Å²) in [6, 6.07) is 0.539. The van der Waals surface area contributed by atoms with Gasteiger partial charge in [0, 0.05) is 19.6 Å². The predicted octanol–water partition coefficient (Wildman–Crippen LogP) is 0.638. The smallest absolute Gasteiger partial charge is 0.231 e. The summed E-state index contributed by atoms with van der Waals surface area (Å²) in [6.07, 6.45) is 2.45. The number of aromatic nitrogens is 3. The molecule has 6 nitrogen and oxygen atoms in total. The summed E-state index contributed by atoms with van der Waals surface area (Å²) in [5, 5.41) is 0.138. The predicted molar refractivity (Wildman–Crippen MR) is 68.2 cm³/mol. The lowest BCUT2D eigenvalue weighted by molar-refractivity contribution is 0.313. The Hall–Kier alpha value is -1.14. The van der Waals surface area contributed by atoms with E-state index in [1.165, 1.54) is 12.8 Å². The van der Waals surface area contributed by atoms with Gasteiger partial charge in [-0.3, -0.25) is 0 Å². The van der Waals surface area contributed by atoms with Gasteiger partial charge in [-0.15, -0.1) is 0 Å². The number of anilines is 2. The highest BCUT2D eigenvalue weighted by molar-refractivity contribution is 6.28. The van der Waals surface area contributed by atoms with E-state index in [0.29, 0.717) is 12.0 Å². The maximum Gasteiger partial charge on any atom is 0.231 e. The summed E-state index contributed by atoms with van der Waals surface area (Å²) in [7, 11) is 4.08. The van der Waals surface area contributed by atoms with E-state index in [2.05, 4.69) is 26.9 Å². The molecule has 1 fully saturated rings. The third-order valence-electron chi connectivity index (χ3n) is 3.11. The molecule has 0 aromatic carbocycles. The van der Waals surface area contributed by atoms with Gasteiger partial charge in [0.2, 0.25) is 17.2 Å². The summed E-state index contributed by atoms with van der Waals surface area (Å²) >= 11 is 5.76. The Balaban J connectivity index is 2.06. The lowest BCUT2D eigenvalue weighted by atomic mass is 10.2. The Morgan fingerprint density at radius 3 is 2.82 bits per heavy atom. The number of nitrogens with two attached hydrogens (primary N) is 1. The van der Waals surface area contributed by atoms with Crippen LogP contribution < -0.4 is 10.6 Å². The van der Waals surface area contributed by atoms with Gasteiger partial charge in [-0.05, 0) is 38.0 Å². The fourth-order valence-corrected chi connectivity index (χ4v) is 2.30. The summed E-state index contributed by atoms with van der Waals surface area (Å²) in [5.74, 6) is 0.689. The molecule has 0 saturated carbocycles. The molecular formula is C10H17ClN6. The van der Waals surface area contributed by atoms with Crippen LogP contribution in [0, 0.1) is 0 Å². The van der Waals surface area contributed by atoms with Crippen molar-refractivity contribution in [3.05, 3.63) is 5.28 Å². The first-order valence-electron chi connectivity index (χ1n) is 5.64. The van der Waals surface area contributed by atoms with Gasteiger partial charge in [0.25, 0.3) is 0 Å². The largest absolute Gasteiger partial charge is 0.368 e. The lowest BCUT2D eigenvalue weighted by Gasteiger charge is -2.25. The van der Waals surface area contributed by atoms with Crippen molar-refractivity contribution in [1.82, 2.24) is 19.9 Å². The van der Waals surface area contributed by atoms with Crippen molar-refractivity contribution >= 4 is 23.5 Å². The Labute approximate surface area is 106 Å². The molecule has 0 aliphatic carbocycles. The number of hydrogen-bond donors (Lipinski definition) is 1. The van der Waals surface area contributed by atoms with Crippen molar-refractivity contribution in [1.29, 1.82) is 0 Å². The van der Waals surface area contributed by atoms with Crippen molar-refractivity contribution in [2.45, 2.75) is 18.9 Å². The molecule has 1 aromatic heterocycles. The molecule has 2 heterocycles. The van der Waals surface area contributed by atoms with Crippen LogP contribution in [-0.2, 0) is 0 Å². The number of halogens is 1. The Morgan fingerprint density at radius 1 is 1.47 bits per heavy atom. The van der Waals surface area contributed by atoms with E-state index < -0.39 is 0 Å². The highest BCUT2D eigenvalue weighted by Crippen LogP contribution is 2.18. The van der Waals surface area contributed by atoms with Crippen LogP contribution in [0.25, 0.3) is 0 Å².